The number of hydrogen-bond acceptors (Lipinski definition) is 3. The van der Waals surface area contributed by atoms with Crippen molar-refractivity contribution in [3.8, 4) is 5.75 Å². The van der Waals surface area contributed by atoms with Gasteiger partial charge in [0.2, 0.25) is 0 Å². The number of ketones is 1. The predicted molar refractivity (Wildman–Crippen MR) is 96.1 cm³/mol. The second kappa shape index (κ2) is 8.06. The van der Waals surface area contributed by atoms with Gasteiger partial charge in [-0.25, -0.2) is 4.79 Å². The highest BCUT2D eigenvalue weighted by Gasteiger charge is 2.06. The average Bonchev–Trinajstić information content (AvgIpc) is 2.60. The van der Waals surface area contributed by atoms with Crippen molar-refractivity contribution in [3.63, 3.8) is 0 Å². The summed E-state index contributed by atoms with van der Waals surface area (Å²) in [6, 6.07) is 14.5. The van der Waals surface area contributed by atoms with Gasteiger partial charge in [-0.15, -0.1) is 0 Å². The number of carbonyl (C=O) groups excluding carboxylic acids is 2. The maximum Gasteiger partial charge on any atom is 0.338 e. The van der Waals surface area contributed by atoms with Gasteiger partial charge in [0, 0.05) is 11.1 Å². The van der Waals surface area contributed by atoms with E-state index in [1.165, 1.54) is 11.6 Å². The number of esters is 1. The predicted octanol–water partition coefficient (Wildman–Crippen LogP) is 4.63. The van der Waals surface area contributed by atoms with Crippen molar-refractivity contribution in [1.29, 1.82) is 0 Å². The van der Waals surface area contributed by atoms with E-state index in [1.54, 1.807) is 37.3 Å². The van der Waals surface area contributed by atoms with Gasteiger partial charge in [0.1, 0.15) is 5.75 Å². The van der Waals surface area contributed by atoms with Gasteiger partial charge in [-0.1, -0.05) is 43.8 Å². The molecule has 3 heteroatoms. The molecular weight excluding hydrogens is 300 g/mol. The lowest BCUT2D eigenvalue weighted by atomic mass is 10.1. The molecule has 0 aliphatic heterocycles. The summed E-state index contributed by atoms with van der Waals surface area (Å²) in [4.78, 5) is 23.6. The first-order valence-corrected chi connectivity index (χ1v) is 7.78. The first kappa shape index (κ1) is 17.4. The number of ether oxygens (including phenoxy) is 1. The minimum absolute atomic E-state index is 0.104. The summed E-state index contributed by atoms with van der Waals surface area (Å²) in [7, 11) is 0. The lowest BCUT2D eigenvalue weighted by Gasteiger charge is -2.04. The molecule has 0 saturated carbocycles. The van der Waals surface area contributed by atoms with Crippen molar-refractivity contribution in [2.24, 2.45) is 0 Å². The van der Waals surface area contributed by atoms with Crippen LogP contribution in [0.15, 0.2) is 66.8 Å². The Bertz CT molecular complexity index is 766. The Kier molecular flexibility index (Phi) is 5.85. The second-order valence-corrected chi connectivity index (χ2v) is 5.49. The maximum absolute atomic E-state index is 12.2. The molecule has 0 saturated heterocycles. The third-order valence-corrected chi connectivity index (χ3v) is 3.51. The highest BCUT2D eigenvalue weighted by Crippen LogP contribution is 2.15. The Labute approximate surface area is 142 Å². The van der Waals surface area contributed by atoms with E-state index in [0.29, 0.717) is 16.9 Å². The Hall–Kier alpha value is -2.94. The summed E-state index contributed by atoms with van der Waals surface area (Å²) in [5.74, 6) is -0.199. The standard InChI is InChI=1S/C21H20O3/c1-4-16-5-7-17(8-6-16)9-14-20(22)18-10-12-19(13-11-18)24-21(23)15(2)3/h5-14H,2,4H2,1,3H3/b14-9+. The van der Waals surface area contributed by atoms with Gasteiger partial charge in [0.25, 0.3) is 0 Å². The molecule has 0 heterocycles. The van der Waals surface area contributed by atoms with Gasteiger partial charge in [0.05, 0.1) is 0 Å². The molecule has 0 aliphatic carbocycles. The van der Waals surface area contributed by atoms with Crippen LogP contribution in [0.1, 0.15) is 35.3 Å². The molecule has 0 atom stereocenters. The normalized spacial score (nSPS) is 10.6. The molecule has 2 aromatic carbocycles. The largest absolute Gasteiger partial charge is 0.423 e. The van der Waals surface area contributed by atoms with Crippen molar-refractivity contribution < 1.29 is 14.3 Å². The molecule has 0 unspecified atom stereocenters. The van der Waals surface area contributed by atoms with Crippen LogP contribution in [0.2, 0.25) is 0 Å². The zero-order chi connectivity index (χ0) is 17.5. The third-order valence-electron chi connectivity index (χ3n) is 3.51. The van der Waals surface area contributed by atoms with Crippen LogP contribution in [0.5, 0.6) is 5.75 Å². The van der Waals surface area contributed by atoms with E-state index >= 15 is 0 Å². The van der Waals surface area contributed by atoms with Crippen LogP contribution in [-0.2, 0) is 11.2 Å². The van der Waals surface area contributed by atoms with Crippen LogP contribution in [0.4, 0.5) is 0 Å². The number of hydrogen-bond donors (Lipinski definition) is 0. The molecule has 0 radical (unpaired) electrons. The van der Waals surface area contributed by atoms with Crippen LogP contribution in [-0.4, -0.2) is 11.8 Å². The fourth-order valence-corrected chi connectivity index (χ4v) is 2.01. The summed E-state index contributed by atoms with van der Waals surface area (Å²) >= 11 is 0. The van der Waals surface area contributed by atoms with Gasteiger partial charge in [-0.2, -0.15) is 0 Å². The number of rotatable bonds is 6. The zero-order valence-corrected chi connectivity index (χ0v) is 13.9. The lowest BCUT2D eigenvalue weighted by molar-refractivity contribution is -0.130. The van der Waals surface area contributed by atoms with E-state index in [-0.39, 0.29) is 5.78 Å². The van der Waals surface area contributed by atoms with E-state index in [0.717, 1.165) is 12.0 Å². The fourth-order valence-electron chi connectivity index (χ4n) is 2.01. The quantitative estimate of drug-likeness (QED) is 0.337. The Morgan fingerprint density at radius 3 is 2.21 bits per heavy atom. The number of benzene rings is 2. The van der Waals surface area contributed by atoms with Crippen molar-refractivity contribution in [2.75, 3.05) is 0 Å². The topological polar surface area (TPSA) is 43.4 Å². The van der Waals surface area contributed by atoms with Crippen molar-refractivity contribution >= 4 is 17.8 Å². The summed E-state index contributed by atoms with van der Waals surface area (Å²) < 4.78 is 5.09. The van der Waals surface area contributed by atoms with E-state index in [2.05, 4.69) is 25.6 Å². The molecule has 0 N–H and O–H groups in total. The van der Waals surface area contributed by atoms with Gasteiger partial charge in [-0.05, 0) is 54.8 Å². The molecular formula is C21H20O3. The molecule has 24 heavy (non-hydrogen) atoms. The molecule has 3 nitrogen and oxygen atoms in total. The second-order valence-electron chi connectivity index (χ2n) is 5.49. The maximum atomic E-state index is 12.2. The number of aryl methyl sites for hydroxylation is 1. The van der Waals surface area contributed by atoms with Crippen molar-refractivity contribution in [2.45, 2.75) is 20.3 Å². The highest BCUT2D eigenvalue weighted by molar-refractivity contribution is 6.06. The molecule has 2 aromatic rings. The summed E-state index contributed by atoms with van der Waals surface area (Å²) in [6.07, 6.45) is 4.32. The van der Waals surface area contributed by atoms with Gasteiger partial charge in [0.15, 0.2) is 5.78 Å². The van der Waals surface area contributed by atoms with Crippen molar-refractivity contribution in [1.82, 2.24) is 0 Å². The smallest absolute Gasteiger partial charge is 0.338 e. The first-order chi connectivity index (χ1) is 11.5. The average molecular weight is 320 g/mol. The number of carbonyl (C=O) groups is 2. The van der Waals surface area contributed by atoms with Gasteiger partial charge >= 0.3 is 5.97 Å². The molecule has 0 amide bonds. The molecule has 0 aromatic heterocycles. The molecule has 0 bridgehead atoms. The summed E-state index contributed by atoms with van der Waals surface area (Å²) in [5.41, 5.74) is 3.10. The molecule has 0 fully saturated rings. The first-order valence-electron chi connectivity index (χ1n) is 7.78. The van der Waals surface area contributed by atoms with Crippen LogP contribution in [0.25, 0.3) is 6.08 Å². The van der Waals surface area contributed by atoms with Gasteiger partial charge < -0.3 is 4.74 Å². The number of allylic oxidation sites excluding steroid dienone is 1. The zero-order valence-electron chi connectivity index (χ0n) is 13.9. The minimum atomic E-state index is -0.482. The fraction of sp³-hybridized carbons (Fsp3) is 0.143. The SMILES string of the molecule is C=C(C)C(=O)Oc1ccc(C(=O)/C=C/c2ccc(CC)cc2)cc1. The van der Waals surface area contributed by atoms with Crippen LogP contribution in [0, 0.1) is 0 Å². The highest BCUT2D eigenvalue weighted by atomic mass is 16.5. The molecule has 2 rings (SSSR count). The summed E-state index contributed by atoms with van der Waals surface area (Å²) in [5, 5.41) is 0. The van der Waals surface area contributed by atoms with Gasteiger partial charge in [-0.3, -0.25) is 4.79 Å². The molecule has 122 valence electrons. The monoisotopic (exact) mass is 320 g/mol. The van der Waals surface area contributed by atoms with Crippen LogP contribution < -0.4 is 4.74 Å². The van der Waals surface area contributed by atoms with E-state index in [4.69, 9.17) is 4.74 Å². The Morgan fingerprint density at radius 2 is 1.67 bits per heavy atom. The third kappa shape index (κ3) is 4.78. The van der Waals surface area contributed by atoms with Crippen LogP contribution >= 0.6 is 0 Å². The van der Waals surface area contributed by atoms with Crippen molar-refractivity contribution in [3.05, 3.63) is 83.4 Å². The summed E-state index contributed by atoms with van der Waals surface area (Å²) in [6.45, 7) is 7.21. The van der Waals surface area contributed by atoms with E-state index in [1.807, 2.05) is 12.1 Å². The molecule has 0 aliphatic rings. The van der Waals surface area contributed by atoms with E-state index < -0.39 is 5.97 Å². The lowest BCUT2D eigenvalue weighted by Crippen LogP contribution is -2.08. The minimum Gasteiger partial charge on any atom is -0.423 e. The Balaban J connectivity index is 2.02. The molecule has 0 spiro atoms. The van der Waals surface area contributed by atoms with Crippen LogP contribution in [0.3, 0.4) is 0 Å². The Morgan fingerprint density at radius 1 is 1.04 bits per heavy atom. The van der Waals surface area contributed by atoms with E-state index in [9.17, 15) is 9.59 Å².